The van der Waals surface area contributed by atoms with Crippen LogP contribution in [0.2, 0.25) is 0 Å². The fourth-order valence-corrected chi connectivity index (χ4v) is 4.38. The molecule has 120 valence electrons. The molecule has 1 aliphatic carbocycles. The largest absolute Gasteiger partial charge is 0.325 e. The van der Waals surface area contributed by atoms with E-state index in [9.17, 15) is 4.79 Å². The summed E-state index contributed by atoms with van der Waals surface area (Å²) in [5.41, 5.74) is 5.28. The number of amides is 1. The molecule has 1 aliphatic heterocycles. The van der Waals surface area contributed by atoms with E-state index in [1.165, 1.54) is 10.9 Å². The van der Waals surface area contributed by atoms with Gasteiger partial charge in [0.05, 0.1) is 16.6 Å². The minimum atomic E-state index is -0.365. The highest BCUT2D eigenvalue weighted by Crippen LogP contribution is 2.64. The summed E-state index contributed by atoms with van der Waals surface area (Å²) >= 11 is 0. The molecule has 3 aromatic rings. The monoisotopic (exact) mass is 317 g/mol. The SMILES string of the molecule is CCc1nn(C)c2cc(C3CC34C(=O)Nc3ccccc34)ccc12. The van der Waals surface area contributed by atoms with Crippen molar-refractivity contribution in [3.8, 4) is 0 Å². The molecule has 1 fully saturated rings. The molecule has 1 amide bonds. The zero-order chi connectivity index (χ0) is 16.5. The molecule has 2 heterocycles. The molecule has 1 saturated carbocycles. The molecule has 2 aromatic carbocycles. The highest BCUT2D eigenvalue weighted by Gasteiger charge is 2.65. The van der Waals surface area contributed by atoms with Crippen molar-refractivity contribution in [1.82, 2.24) is 9.78 Å². The Bertz CT molecular complexity index is 1000. The first-order valence-electron chi connectivity index (χ1n) is 8.51. The third-order valence-electron chi connectivity index (χ3n) is 5.71. The predicted octanol–water partition coefficient (Wildman–Crippen LogP) is 3.51. The number of carbonyl (C=O) groups is 1. The van der Waals surface area contributed by atoms with Crippen molar-refractivity contribution in [3.05, 3.63) is 59.3 Å². The molecule has 1 aromatic heterocycles. The number of rotatable bonds is 2. The number of carbonyl (C=O) groups excluding carboxylic acids is 1. The van der Waals surface area contributed by atoms with Gasteiger partial charge in [0.25, 0.3) is 0 Å². The van der Waals surface area contributed by atoms with Crippen LogP contribution in [0.25, 0.3) is 10.9 Å². The second kappa shape index (κ2) is 4.47. The van der Waals surface area contributed by atoms with Gasteiger partial charge in [-0.15, -0.1) is 0 Å². The number of fused-ring (bicyclic) bond motifs is 3. The fourth-order valence-electron chi connectivity index (χ4n) is 4.38. The molecular formula is C20H19N3O. The summed E-state index contributed by atoms with van der Waals surface area (Å²) in [6.45, 7) is 2.13. The third-order valence-corrected chi connectivity index (χ3v) is 5.71. The number of nitrogens with zero attached hydrogens (tertiary/aromatic N) is 2. The van der Waals surface area contributed by atoms with Gasteiger partial charge in [-0.2, -0.15) is 5.10 Å². The topological polar surface area (TPSA) is 46.9 Å². The maximum atomic E-state index is 12.7. The highest BCUT2D eigenvalue weighted by molar-refractivity contribution is 6.09. The Morgan fingerprint density at radius 3 is 2.96 bits per heavy atom. The third kappa shape index (κ3) is 1.58. The van der Waals surface area contributed by atoms with Crippen molar-refractivity contribution in [1.29, 1.82) is 0 Å². The summed E-state index contributed by atoms with van der Waals surface area (Å²) in [6, 6.07) is 14.6. The summed E-state index contributed by atoms with van der Waals surface area (Å²) < 4.78 is 1.95. The average molecular weight is 317 g/mol. The normalized spacial score (nSPS) is 24.4. The lowest BCUT2D eigenvalue weighted by atomic mass is 9.92. The van der Waals surface area contributed by atoms with Crippen molar-refractivity contribution in [2.45, 2.75) is 31.1 Å². The summed E-state index contributed by atoms with van der Waals surface area (Å²) in [4.78, 5) is 12.7. The molecule has 0 saturated heterocycles. The van der Waals surface area contributed by atoms with Gasteiger partial charge in [-0.25, -0.2) is 0 Å². The number of aromatic nitrogens is 2. The standard InChI is InChI=1S/C20H19N3O/c1-3-16-13-9-8-12(10-18(13)23(2)22-16)15-11-20(15)14-6-4-5-7-17(14)21-19(20)24/h4-10,15H,3,11H2,1-2H3,(H,21,24). The molecule has 0 bridgehead atoms. The number of hydrogen-bond acceptors (Lipinski definition) is 2. The van der Waals surface area contributed by atoms with E-state index < -0.39 is 0 Å². The van der Waals surface area contributed by atoms with Crippen LogP contribution in [0.4, 0.5) is 5.69 Å². The number of aryl methyl sites for hydroxylation is 2. The minimum Gasteiger partial charge on any atom is -0.325 e. The van der Waals surface area contributed by atoms with Crippen LogP contribution in [0.3, 0.4) is 0 Å². The van der Waals surface area contributed by atoms with Crippen LogP contribution in [0.5, 0.6) is 0 Å². The van der Waals surface area contributed by atoms with Gasteiger partial charge < -0.3 is 5.32 Å². The smallest absolute Gasteiger partial charge is 0.235 e. The zero-order valence-electron chi connectivity index (χ0n) is 13.8. The van der Waals surface area contributed by atoms with Gasteiger partial charge in [0, 0.05) is 24.0 Å². The maximum Gasteiger partial charge on any atom is 0.235 e. The van der Waals surface area contributed by atoms with E-state index in [0.717, 1.165) is 35.3 Å². The fraction of sp³-hybridized carbons (Fsp3) is 0.300. The Kier molecular flexibility index (Phi) is 2.57. The van der Waals surface area contributed by atoms with Crippen LogP contribution in [-0.2, 0) is 23.7 Å². The van der Waals surface area contributed by atoms with Gasteiger partial charge in [-0.1, -0.05) is 37.3 Å². The van der Waals surface area contributed by atoms with Crippen molar-refractivity contribution in [3.63, 3.8) is 0 Å². The van der Waals surface area contributed by atoms with Gasteiger partial charge in [0.1, 0.15) is 0 Å². The lowest BCUT2D eigenvalue weighted by Crippen LogP contribution is -2.20. The van der Waals surface area contributed by atoms with E-state index in [1.54, 1.807) is 0 Å². The number of anilines is 1. The number of para-hydroxylation sites is 1. The molecule has 4 nitrogen and oxygen atoms in total. The lowest BCUT2D eigenvalue weighted by Gasteiger charge is -2.09. The van der Waals surface area contributed by atoms with Gasteiger partial charge in [-0.3, -0.25) is 9.48 Å². The zero-order valence-corrected chi connectivity index (χ0v) is 13.8. The lowest BCUT2D eigenvalue weighted by molar-refractivity contribution is -0.118. The second-order valence-electron chi connectivity index (χ2n) is 6.93. The molecule has 1 spiro atoms. The molecule has 2 atom stereocenters. The van der Waals surface area contributed by atoms with E-state index in [4.69, 9.17) is 0 Å². The van der Waals surface area contributed by atoms with Crippen molar-refractivity contribution in [2.75, 3.05) is 5.32 Å². The highest BCUT2D eigenvalue weighted by atomic mass is 16.2. The number of nitrogens with one attached hydrogen (secondary N) is 1. The van der Waals surface area contributed by atoms with Crippen LogP contribution in [0, 0.1) is 0 Å². The number of hydrogen-bond donors (Lipinski definition) is 1. The van der Waals surface area contributed by atoms with Crippen LogP contribution >= 0.6 is 0 Å². The Balaban J connectivity index is 1.61. The minimum absolute atomic E-state index is 0.146. The van der Waals surface area contributed by atoms with E-state index in [2.05, 4.69) is 41.6 Å². The molecule has 2 unspecified atom stereocenters. The van der Waals surface area contributed by atoms with Gasteiger partial charge >= 0.3 is 0 Å². The summed E-state index contributed by atoms with van der Waals surface area (Å²) in [6.07, 6.45) is 1.82. The van der Waals surface area contributed by atoms with E-state index in [0.29, 0.717) is 0 Å². The molecule has 24 heavy (non-hydrogen) atoms. The molecule has 4 heteroatoms. The molecular weight excluding hydrogens is 298 g/mol. The average Bonchev–Trinajstić information content (AvgIpc) is 3.19. The summed E-state index contributed by atoms with van der Waals surface area (Å²) in [5.74, 6) is 0.401. The Morgan fingerprint density at radius 1 is 1.29 bits per heavy atom. The Morgan fingerprint density at radius 2 is 2.12 bits per heavy atom. The number of benzene rings is 2. The predicted molar refractivity (Wildman–Crippen MR) is 94.2 cm³/mol. The van der Waals surface area contributed by atoms with Gasteiger partial charge in [0.15, 0.2) is 0 Å². The van der Waals surface area contributed by atoms with E-state index >= 15 is 0 Å². The summed E-state index contributed by atoms with van der Waals surface area (Å²) in [7, 11) is 1.99. The van der Waals surface area contributed by atoms with E-state index in [-0.39, 0.29) is 17.2 Å². The summed E-state index contributed by atoms with van der Waals surface area (Å²) in [5, 5.41) is 8.88. The maximum absolute atomic E-state index is 12.7. The first kappa shape index (κ1) is 13.8. The molecule has 5 rings (SSSR count). The Labute approximate surface area is 140 Å². The van der Waals surface area contributed by atoms with Crippen LogP contribution in [0.1, 0.15) is 36.1 Å². The van der Waals surface area contributed by atoms with Gasteiger partial charge in [-0.05, 0) is 36.1 Å². The van der Waals surface area contributed by atoms with Crippen LogP contribution in [-0.4, -0.2) is 15.7 Å². The van der Waals surface area contributed by atoms with Crippen molar-refractivity contribution < 1.29 is 4.79 Å². The molecule has 0 radical (unpaired) electrons. The molecule has 1 N–H and O–H groups in total. The van der Waals surface area contributed by atoms with Crippen molar-refractivity contribution in [2.24, 2.45) is 7.05 Å². The quantitative estimate of drug-likeness (QED) is 0.786. The van der Waals surface area contributed by atoms with Gasteiger partial charge in [0.2, 0.25) is 5.91 Å². The Hall–Kier alpha value is -2.62. The first-order valence-corrected chi connectivity index (χ1v) is 8.51. The van der Waals surface area contributed by atoms with Crippen LogP contribution in [0.15, 0.2) is 42.5 Å². The van der Waals surface area contributed by atoms with Crippen LogP contribution < -0.4 is 5.32 Å². The molecule has 2 aliphatic rings. The van der Waals surface area contributed by atoms with E-state index in [1.807, 2.05) is 29.9 Å². The first-order chi connectivity index (χ1) is 11.6. The second-order valence-corrected chi connectivity index (χ2v) is 6.93. The van der Waals surface area contributed by atoms with Crippen molar-refractivity contribution >= 4 is 22.5 Å².